The molecule has 1 fully saturated rings. The number of aliphatic hydroxyl groups is 1. The first-order chi connectivity index (χ1) is 10.6. The van der Waals surface area contributed by atoms with Gasteiger partial charge >= 0.3 is 0 Å². The summed E-state index contributed by atoms with van der Waals surface area (Å²) in [5, 5.41) is 14.4. The molecule has 1 N–H and O–H groups in total. The van der Waals surface area contributed by atoms with Crippen LogP contribution in [0.2, 0.25) is 0 Å². The number of nitrogens with zero attached hydrogens (tertiary/aromatic N) is 3. The summed E-state index contributed by atoms with van der Waals surface area (Å²) in [6, 6.07) is 10.1. The summed E-state index contributed by atoms with van der Waals surface area (Å²) in [6.45, 7) is 5.82. The maximum Gasteiger partial charge on any atom is 0.243 e. The summed E-state index contributed by atoms with van der Waals surface area (Å²) in [5.74, 6) is 1.67. The van der Waals surface area contributed by atoms with E-state index in [1.807, 2.05) is 37.3 Å². The van der Waals surface area contributed by atoms with Gasteiger partial charge in [-0.3, -0.25) is 4.90 Å². The maximum atomic E-state index is 10.5. The summed E-state index contributed by atoms with van der Waals surface area (Å²) >= 11 is 0. The van der Waals surface area contributed by atoms with Crippen molar-refractivity contribution >= 4 is 0 Å². The van der Waals surface area contributed by atoms with E-state index in [-0.39, 0.29) is 12.1 Å². The number of hydrogen-bond acceptors (Lipinski definition) is 5. The fourth-order valence-electron chi connectivity index (χ4n) is 3.18. The minimum absolute atomic E-state index is 0.135. The Morgan fingerprint density at radius 2 is 1.91 bits per heavy atom. The molecule has 0 radical (unpaired) electrons. The molecule has 2 atom stereocenters. The molecule has 1 aromatic carbocycles. The van der Waals surface area contributed by atoms with Gasteiger partial charge in [-0.1, -0.05) is 35.5 Å². The summed E-state index contributed by atoms with van der Waals surface area (Å²) in [4.78, 5) is 6.67. The Morgan fingerprint density at radius 1 is 1.23 bits per heavy atom. The van der Waals surface area contributed by atoms with Crippen LogP contribution in [-0.4, -0.2) is 33.2 Å². The molecular formula is C17H23N3O2. The normalized spacial score (nSPS) is 20.0. The van der Waals surface area contributed by atoms with Crippen LogP contribution in [0.25, 0.3) is 0 Å². The summed E-state index contributed by atoms with van der Waals surface area (Å²) in [7, 11) is 0. The van der Waals surface area contributed by atoms with Crippen molar-refractivity contribution in [3.63, 3.8) is 0 Å². The molecule has 0 unspecified atom stereocenters. The average Bonchev–Trinajstić information content (AvgIpc) is 3.01. The molecule has 3 rings (SSSR count). The molecule has 0 saturated carbocycles. The Balaban J connectivity index is 1.58. The van der Waals surface area contributed by atoms with Crippen LogP contribution in [0.5, 0.6) is 0 Å². The lowest BCUT2D eigenvalue weighted by Gasteiger charge is -2.36. The smallest absolute Gasteiger partial charge is 0.243 e. The van der Waals surface area contributed by atoms with Gasteiger partial charge in [0.05, 0.1) is 12.1 Å². The standard InChI is InChI=1S/C17H23N3O2/c1-12(17-18-13(2)19-22-17)20-10-8-15(9-11-20)16(21)14-6-4-3-5-7-14/h3-7,12,15-16,21H,8-11H2,1-2H3/t12-,16+/m1/s1. The molecule has 22 heavy (non-hydrogen) atoms. The van der Waals surface area contributed by atoms with Crippen molar-refractivity contribution in [1.82, 2.24) is 15.0 Å². The van der Waals surface area contributed by atoms with Crippen molar-refractivity contribution < 1.29 is 9.63 Å². The van der Waals surface area contributed by atoms with Gasteiger partial charge in [0.2, 0.25) is 5.89 Å². The average molecular weight is 301 g/mol. The zero-order chi connectivity index (χ0) is 15.5. The molecule has 1 aliphatic rings. The second-order valence-corrected chi connectivity index (χ2v) is 6.08. The van der Waals surface area contributed by atoms with Crippen LogP contribution >= 0.6 is 0 Å². The molecule has 0 aliphatic carbocycles. The van der Waals surface area contributed by atoms with E-state index >= 15 is 0 Å². The van der Waals surface area contributed by atoms with Gasteiger partial charge in [0.25, 0.3) is 0 Å². The molecule has 2 heterocycles. The van der Waals surface area contributed by atoms with E-state index in [1.54, 1.807) is 0 Å². The number of likely N-dealkylation sites (tertiary alicyclic amines) is 1. The van der Waals surface area contributed by atoms with Crippen LogP contribution in [0, 0.1) is 12.8 Å². The van der Waals surface area contributed by atoms with Crippen LogP contribution in [-0.2, 0) is 0 Å². The summed E-state index contributed by atoms with van der Waals surface area (Å²) in [5.41, 5.74) is 1.02. The minimum Gasteiger partial charge on any atom is -0.388 e. The molecular weight excluding hydrogens is 278 g/mol. The van der Waals surface area contributed by atoms with E-state index in [0.717, 1.165) is 31.5 Å². The molecule has 0 spiro atoms. The molecule has 1 saturated heterocycles. The van der Waals surface area contributed by atoms with E-state index in [1.165, 1.54) is 0 Å². The zero-order valence-electron chi connectivity index (χ0n) is 13.1. The maximum absolute atomic E-state index is 10.5. The Labute approximate surface area is 131 Å². The number of piperidine rings is 1. The van der Waals surface area contributed by atoms with Crippen molar-refractivity contribution in [2.75, 3.05) is 13.1 Å². The molecule has 1 aliphatic heterocycles. The number of rotatable bonds is 4. The third-order valence-electron chi connectivity index (χ3n) is 4.61. The third-order valence-corrected chi connectivity index (χ3v) is 4.61. The summed E-state index contributed by atoms with van der Waals surface area (Å²) in [6.07, 6.45) is 1.59. The monoisotopic (exact) mass is 301 g/mol. The third kappa shape index (κ3) is 3.20. The molecule has 1 aromatic heterocycles. The van der Waals surface area contributed by atoms with Crippen molar-refractivity contribution in [1.29, 1.82) is 0 Å². The predicted molar refractivity (Wildman–Crippen MR) is 83.1 cm³/mol. The quantitative estimate of drug-likeness (QED) is 0.941. The topological polar surface area (TPSA) is 62.4 Å². The lowest BCUT2D eigenvalue weighted by Crippen LogP contribution is -2.37. The first kappa shape index (κ1) is 15.2. The van der Waals surface area contributed by atoms with Gasteiger partial charge in [0, 0.05) is 0 Å². The van der Waals surface area contributed by atoms with Gasteiger partial charge in [-0.2, -0.15) is 4.98 Å². The Morgan fingerprint density at radius 3 is 2.50 bits per heavy atom. The number of aromatic nitrogens is 2. The van der Waals surface area contributed by atoms with Gasteiger partial charge in [-0.05, 0) is 51.3 Å². The lowest BCUT2D eigenvalue weighted by molar-refractivity contribution is 0.0420. The van der Waals surface area contributed by atoms with E-state index in [0.29, 0.717) is 17.6 Å². The lowest BCUT2D eigenvalue weighted by atomic mass is 9.87. The first-order valence-electron chi connectivity index (χ1n) is 7.92. The van der Waals surface area contributed by atoms with E-state index < -0.39 is 0 Å². The first-order valence-corrected chi connectivity index (χ1v) is 7.92. The van der Waals surface area contributed by atoms with Crippen LogP contribution in [0.15, 0.2) is 34.9 Å². The SMILES string of the molecule is Cc1noc([C@@H](C)N2CCC([C@@H](O)c3ccccc3)CC2)n1. The Bertz CT molecular complexity index is 591. The minimum atomic E-state index is -0.371. The van der Waals surface area contributed by atoms with Crippen LogP contribution in [0.4, 0.5) is 0 Å². The van der Waals surface area contributed by atoms with Crippen molar-refractivity contribution in [2.45, 2.75) is 38.8 Å². The molecule has 118 valence electrons. The second-order valence-electron chi connectivity index (χ2n) is 6.08. The van der Waals surface area contributed by atoms with E-state index in [4.69, 9.17) is 4.52 Å². The molecule has 5 heteroatoms. The number of benzene rings is 1. The zero-order valence-corrected chi connectivity index (χ0v) is 13.1. The Hall–Kier alpha value is -1.72. The highest BCUT2D eigenvalue weighted by Crippen LogP contribution is 2.33. The molecule has 0 amide bonds. The Kier molecular flexibility index (Phi) is 4.55. The fourth-order valence-corrected chi connectivity index (χ4v) is 3.18. The molecule has 5 nitrogen and oxygen atoms in total. The van der Waals surface area contributed by atoms with Gasteiger partial charge in [-0.25, -0.2) is 0 Å². The molecule has 0 bridgehead atoms. The van der Waals surface area contributed by atoms with Crippen molar-refractivity contribution in [2.24, 2.45) is 5.92 Å². The highest BCUT2D eigenvalue weighted by Gasteiger charge is 2.30. The van der Waals surface area contributed by atoms with E-state index in [9.17, 15) is 5.11 Å². The predicted octanol–water partition coefficient (Wildman–Crippen LogP) is 2.88. The highest BCUT2D eigenvalue weighted by molar-refractivity contribution is 5.18. The number of hydrogen-bond donors (Lipinski definition) is 1. The van der Waals surface area contributed by atoms with Crippen LogP contribution < -0.4 is 0 Å². The van der Waals surface area contributed by atoms with Crippen LogP contribution in [0.3, 0.4) is 0 Å². The number of aliphatic hydroxyl groups excluding tert-OH is 1. The second kappa shape index (κ2) is 6.58. The van der Waals surface area contributed by atoms with Gasteiger partial charge in [-0.15, -0.1) is 0 Å². The molecule has 2 aromatic rings. The van der Waals surface area contributed by atoms with Crippen LogP contribution in [0.1, 0.15) is 49.2 Å². The van der Waals surface area contributed by atoms with Gasteiger partial charge in [0.15, 0.2) is 5.82 Å². The fraction of sp³-hybridized carbons (Fsp3) is 0.529. The van der Waals surface area contributed by atoms with Gasteiger partial charge in [0.1, 0.15) is 0 Å². The van der Waals surface area contributed by atoms with Gasteiger partial charge < -0.3 is 9.63 Å². The highest BCUT2D eigenvalue weighted by atomic mass is 16.5. The number of aryl methyl sites for hydroxylation is 1. The largest absolute Gasteiger partial charge is 0.388 e. The van der Waals surface area contributed by atoms with E-state index in [2.05, 4.69) is 22.0 Å². The summed E-state index contributed by atoms with van der Waals surface area (Å²) < 4.78 is 5.27. The van der Waals surface area contributed by atoms with Crippen molar-refractivity contribution in [3.05, 3.63) is 47.6 Å². The van der Waals surface area contributed by atoms with Crippen molar-refractivity contribution in [3.8, 4) is 0 Å².